The number of ether oxygens (including phenoxy) is 2. The van der Waals surface area contributed by atoms with Gasteiger partial charge in [0.1, 0.15) is 5.75 Å². The summed E-state index contributed by atoms with van der Waals surface area (Å²) in [6, 6.07) is 9.68. The Balaban J connectivity index is 0.000000265. The molecule has 84 valence electrons. The maximum Gasteiger partial charge on any atom is 0.219 e. The molecule has 0 aliphatic rings. The normalized spacial score (nSPS) is 8.67. The van der Waals surface area contributed by atoms with Crippen LogP contribution in [-0.2, 0) is 9.53 Å². The quantitative estimate of drug-likeness (QED) is 0.814. The zero-order chi connectivity index (χ0) is 11.5. The van der Waals surface area contributed by atoms with Crippen LogP contribution in [0.5, 0.6) is 5.75 Å². The number of carbonyl (C=O) groups is 1. The lowest BCUT2D eigenvalue weighted by molar-refractivity contribution is -0.118. The largest absolute Gasteiger partial charge is 0.497 e. The van der Waals surface area contributed by atoms with E-state index < -0.39 is 0 Å². The van der Waals surface area contributed by atoms with Gasteiger partial charge in [0.15, 0.2) is 0 Å². The maximum absolute atomic E-state index is 9.90. The summed E-state index contributed by atoms with van der Waals surface area (Å²) < 4.78 is 9.47. The fraction of sp³-hybridized carbons (Fsp3) is 0.364. The first kappa shape index (κ1) is 13.4. The molecule has 4 nitrogen and oxygen atoms in total. The van der Waals surface area contributed by atoms with Gasteiger partial charge in [-0.15, -0.1) is 0 Å². The number of rotatable bonds is 4. The van der Waals surface area contributed by atoms with Gasteiger partial charge in [-0.25, -0.2) is 0 Å². The van der Waals surface area contributed by atoms with E-state index in [4.69, 9.17) is 10.5 Å². The molecule has 0 heterocycles. The predicted octanol–water partition coefficient (Wildman–Crippen LogP) is 1.20. The summed E-state index contributed by atoms with van der Waals surface area (Å²) in [5.74, 6) is 0.592. The van der Waals surface area contributed by atoms with Crippen LogP contribution in [0.3, 0.4) is 0 Å². The zero-order valence-corrected chi connectivity index (χ0v) is 9.10. The summed E-state index contributed by atoms with van der Waals surface area (Å²) in [4.78, 5) is 9.90. The van der Waals surface area contributed by atoms with Gasteiger partial charge in [0, 0.05) is 13.5 Å². The Morgan fingerprint density at radius 3 is 2.13 bits per heavy atom. The molecule has 0 saturated carbocycles. The number of methoxy groups -OCH3 is 2. The summed E-state index contributed by atoms with van der Waals surface area (Å²) >= 11 is 0. The molecule has 1 amide bonds. The minimum atomic E-state index is -0.318. The molecular formula is C11H17NO3. The van der Waals surface area contributed by atoms with Crippen LogP contribution in [0.1, 0.15) is 6.42 Å². The highest BCUT2D eigenvalue weighted by atomic mass is 16.5. The van der Waals surface area contributed by atoms with Crippen molar-refractivity contribution in [2.45, 2.75) is 6.42 Å². The summed E-state index contributed by atoms with van der Waals surface area (Å²) in [7, 11) is 3.19. The molecule has 2 N–H and O–H groups in total. The fourth-order valence-corrected chi connectivity index (χ4v) is 0.759. The number of hydrogen-bond donors (Lipinski definition) is 1. The number of benzene rings is 1. The molecule has 15 heavy (non-hydrogen) atoms. The van der Waals surface area contributed by atoms with Crippen molar-refractivity contribution in [1.82, 2.24) is 0 Å². The third kappa shape index (κ3) is 8.77. The van der Waals surface area contributed by atoms with Crippen LogP contribution < -0.4 is 10.5 Å². The minimum absolute atomic E-state index is 0.316. The van der Waals surface area contributed by atoms with Crippen molar-refractivity contribution >= 4 is 5.91 Å². The van der Waals surface area contributed by atoms with Crippen molar-refractivity contribution in [3.8, 4) is 5.75 Å². The van der Waals surface area contributed by atoms with E-state index in [1.807, 2.05) is 30.3 Å². The predicted molar refractivity (Wildman–Crippen MR) is 58.7 cm³/mol. The van der Waals surface area contributed by atoms with E-state index in [-0.39, 0.29) is 5.91 Å². The van der Waals surface area contributed by atoms with Gasteiger partial charge < -0.3 is 15.2 Å². The van der Waals surface area contributed by atoms with E-state index in [0.29, 0.717) is 13.0 Å². The van der Waals surface area contributed by atoms with E-state index in [1.54, 1.807) is 7.11 Å². The van der Waals surface area contributed by atoms with E-state index in [1.165, 1.54) is 7.11 Å². The molecule has 1 aromatic carbocycles. The van der Waals surface area contributed by atoms with Gasteiger partial charge in [-0.2, -0.15) is 0 Å². The fourth-order valence-electron chi connectivity index (χ4n) is 0.759. The molecule has 0 saturated heterocycles. The SMILES string of the molecule is COCCC(N)=O.COc1ccccc1. The molecule has 0 aromatic heterocycles. The highest BCUT2D eigenvalue weighted by Gasteiger charge is 1.88. The Labute approximate surface area is 90.0 Å². The Bertz CT molecular complexity index is 262. The summed E-state index contributed by atoms with van der Waals surface area (Å²) in [5, 5.41) is 0. The van der Waals surface area contributed by atoms with Crippen molar-refractivity contribution in [1.29, 1.82) is 0 Å². The zero-order valence-electron chi connectivity index (χ0n) is 9.10. The molecule has 0 radical (unpaired) electrons. The van der Waals surface area contributed by atoms with E-state index in [0.717, 1.165) is 5.75 Å². The Hall–Kier alpha value is -1.55. The first-order chi connectivity index (χ1) is 7.20. The van der Waals surface area contributed by atoms with Gasteiger partial charge in [-0.1, -0.05) is 18.2 Å². The summed E-state index contributed by atoms with van der Waals surface area (Å²) in [6.07, 6.45) is 0.316. The second kappa shape index (κ2) is 9.02. The summed E-state index contributed by atoms with van der Waals surface area (Å²) in [6.45, 7) is 0.426. The van der Waals surface area contributed by atoms with Crippen molar-refractivity contribution in [3.63, 3.8) is 0 Å². The van der Waals surface area contributed by atoms with Crippen molar-refractivity contribution in [2.75, 3.05) is 20.8 Å². The molecule has 0 spiro atoms. The van der Waals surface area contributed by atoms with Crippen LogP contribution in [0.4, 0.5) is 0 Å². The highest BCUT2D eigenvalue weighted by Crippen LogP contribution is 2.05. The highest BCUT2D eigenvalue weighted by molar-refractivity contribution is 5.73. The smallest absolute Gasteiger partial charge is 0.219 e. The third-order valence-corrected chi connectivity index (χ3v) is 1.53. The van der Waals surface area contributed by atoms with Crippen molar-refractivity contribution < 1.29 is 14.3 Å². The number of para-hydroxylation sites is 1. The lowest BCUT2D eigenvalue weighted by atomic mass is 10.3. The molecule has 0 atom stereocenters. The molecule has 0 unspecified atom stereocenters. The third-order valence-electron chi connectivity index (χ3n) is 1.53. The average Bonchev–Trinajstić information content (AvgIpc) is 2.28. The Morgan fingerprint density at radius 1 is 1.27 bits per heavy atom. The van der Waals surface area contributed by atoms with Crippen LogP contribution in [0.25, 0.3) is 0 Å². The van der Waals surface area contributed by atoms with Gasteiger partial charge in [0.05, 0.1) is 13.7 Å². The van der Waals surface area contributed by atoms with E-state index in [2.05, 4.69) is 4.74 Å². The van der Waals surface area contributed by atoms with Crippen LogP contribution in [0, 0.1) is 0 Å². The van der Waals surface area contributed by atoms with Gasteiger partial charge in [0.2, 0.25) is 5.91 Å². The van der Waals surface area contributed by atoms with Gasteiger partial charge in [-0.3, -0.25) is 4.79 Å². The molecular weight excluding hydrogens is 194 g/mol. The molecule has 1 aromatic rings. The van der Waals surface area contributed by atoms with Crippen LogP contribution >= 0.6 is 0 Å². The van der Waals surface area contributed by atoms with Crippen LogP contribution in [0.2, 0.25) is 0 Å². The standard InChI is InChI=1S/C7H8O.C4H9NO2/c1-8-7-5-3-2-4-6-7;1-7-3-2-4(5)6/h2-6H,1H3;2-3H2,1H3,(H2,5,6). The Morgan fingerprint density at radius 2 is 1.87 bits per heavy atom. The summed E-state index contributed by atoms with van der Waals surface area (Å²) in [5.41, 5.74) is 4.76. The number of primary amides is 1. The van der Waals surface area contributed by atoms with E-state index in [9.17, 15) is 4.79 Å². The molecule has 0 aliphatic heterocycles. The van der Waals surface area contributed by atoms with Crippen molar-refractivity contribution in [2.24, 2.45) is 5.73 Å². The second-order valence-electron chi connectivity index (χ2n) is 2.73. The lowest BCUT2D eigenvalue weighted by Gasteiger charge is -1.93. The molecule has 0 bridgehead atoms. The number of carbonyl (C=O) groups excluding carboxylic acids is 1. The Kier molecular flexibility index (Phi) is 8.09. The molecule has 1 rings (SSSR count). The van der Waals surface area contributed by atoms with Crippen LogP contribution in [-0.4, -0.2) is 26.7 Å². The average molecular weight is 211 g/mol. The van der Waals surface area contributed by atoms with Gasteiger partial charge in [0.25, 0.3) is 0 Å². The molecule has 0 fully saturated rings. The number of hydrogen-bond acceptors (Lipinski definition) is 3. The number of amides is 1. The minimum Gasteiger partial charge on any atom is -0.497 e. The molecule has 0 aliphatic carbocycles. The first-order valence-electron chi connectivity index (χ1n) is 4.57. The lowest BCUT2D eigenvalue weighted by Crippen LogP contribution is -2.12. The maximum atomic E-state index is 9.90. The van der Waals surface area contributed by atoms with Crippen LogP contribution in [0.15, 0.2) is 30.3 Å². The molecule has 4 heteroatoms. The van der Waals surface area contributed by atoms with Gasteiger partial charge >= 0.3 is 0 Å². The van der Waals surface area contributed by atoms with Gasteiger partial charge in [-0.05, 0) is 12.1 Å². The van der Waals surface area contributed by atoms with Crippen molar-refractivity contribution in [3.05, 3.63) is 30.3 Å². The first-order valence-corrected chi connectivity index (χ1v) is 4.57. The second-order valence-corrected chi connectivity index (χ2v) is 2.73. The topological polar surface area (TPSA) is 61.5 Å². The van der Waals surface area contributed by atoms with E-state index >= 15 is 0 Å². The monoisotopic (exact) mass is 211 g/mol. The number of nitrogens with two attached hydrogens (primary N) is 1.